The number of aryl methyl sites for hydroxylation is 1. The van der Waals surface area contributed by atoms with Gasteiger partial charge in [0.1, 0.15) is 6.54 Å². The fraction of sp³-hybridized carbons (Fsp3) is 0.286. The molecule has 0 fully saturated rings. The summed E-state index contributed by atoms with van der Waals surface area (Å²) in [5, 5.41) is 9.48. The number of carbonyl (C=O) groups excluding carboxylic acids is 1. The molecule has 1 heterocycles. The second-order valence-corrected chi connectivity index (χ2v) is 7.03. The van der Waals surface area contributed by atoms with Crippen LogP contribution in [-0.4, -0.2) is 26.2 Å². The Balaban J connectivity index is 2.57. The van der Waals surface area contributed by atoms with Crippen molar-refractivity contribution in [3.63, 3.8) is 0 Å². The van der Waals surface area contributed by atoms with Crippen LogP contribution in [-0.2, 0) is 24.4 Å². The number of anilines is 1. The summed E-state index contributed by atoms with van der Waals surface area (Å²) in [4.78, 5) is 52.4. The molecule has 0 saturated heterocycles. The lowest BCUT2D eigenvalue weighted by Gasteiger charge is -2.23. The number of halogens is 1. The van der Waals surface area contributed by atoms with Gasteiger partial charge in [0, 0.05) is 17.3 Å². The molecule has 1 aromatic carbocycles. The number of allylic oxidation sites excluding steroid dienone is 2. The normalized spacial score (nSPS) is 10.4. The van der Waals surface area contributed by atoms with Crippen molar-refractivity contribution < 1.29 is 4.79 Å². The SMILES string of the molecule is C=CCn1c(=O)n(CC=C)c(=O)n(CC(=O)N(CCC#N)c2ccc(Cl)c(C)c2)c1=O. The van der Waals surface area contributed by atoms with E-state index in [0.717, 1.165) is 14.7 Å². The van der Waals surface area contributed by atoms with Gasteiger partial charge in [-0.2, -0.15) is 5.26 Å². The third-order valence-electron chi connectivity index (χ3n) is 4.50. The monoisotopic (exact) mass is 443 g/mol. The molecular formula is C21H22ClN5O4. The maximum Gasteiger partial charge on any atom is 0.337 e. The van der Waals surface area contributed by atoms with E-state index in [1.54, 1.807) is 25.1 Å². The number of nitrogens with zero attached hydrogens (tertiary/aromatic N) is 5. The Hall–Kier alpha value is -3.64. The summed E-state index contributed by atoms with van der Waals surface area (Å²) in [6, 6.07) is 6.88. The zero-order valence-electron chi connectivity index (χ0n) is 17.1. The average Bonchev–Trinajstić information content (AvgIpc) is 2.74. The van der Waals surface area contributed by atoms with Gasteiger partial charge in [-0.05, 0) is 30.7 Å². The molecule has 0 atom stereocenters. The maximum atomic E-state index is 13.1. The number of benzene rings is 1. The molecule has 0 aliphatic heterocycles. The topological polar surface area (TPSA) is 110 Å². The van der Waals surface area contributed by atoms with Crippen LogP contribution in [0.25, 0.3) is 0 Å². The van der Waals surface area contributed by atoms with E-state index in [4.69, 9.17) is 16.9 Å². The summed E-state index contributed by atoms with van der Waals surface area (Å²) >= 11 is 6.06. The minimum Gasteiger partial charge on any atom is -0.310 e. The van der Waals surface area contributed by atoms with E-state index >= 15 is 0 Å². The number of carbonyl (C=O) groups is 1. The summed E-state index contributed by atoms with van der Waals surface area (Å²) in [6.45, 7) is 7.98. The highest BCUT2D eigenvalue weighted by Crippen LogP contribution is 2.23. The quantitative estimate of drug-likeness (QED) is 0.545. The molecular weight excluding hydrogens is 422 g/mol. The van der Waals surface area contributed by atoms with Crippen LogP contribution in [0, 0.1) is 18.3 Å². The molecule has 10 heteroatoms. The number of nitriles is 1. The van der Waals surface area contributed by atoms with Crippen LogP contribution < -0.4 is 22.0 Å². The largest absolute Gasteiger partial charge is 0.337 e. The van der Waals surface area contributed by atoms with Crippen LogP contribution in [0.15, 0.2) is 57.9 Å². The van der Waals surface area contributed by atoms with Gasteiger partial charge in [0.25, 0.3) is 0 Å². The van der Waals surface area contributed by atoms with Crippen molar-refractivity contribution in [1.29, 1.82) is 5.26 Å². The summed E-state index contributed by atoms with van der Waals surface area (Å²) in [6.07, 6.45) is 2.72. The van der Waals surface area contributed by atoms with E-state index in [0.29, 0.717) is 15.3 Å². The van der Waals surface area contributed by atoms with Crippen molar-refractivity contribution in [2.75, 3.05) is 11.4 Å². The molecule has 31 heavy (non-hydrogen) atoms. The molecule has 0 aliphatic carbocycles. The third-order valence-corrected chi connectivity index (χ3v) is 4.93. The van der Waals surface area contributed by atoms with Gasteiger partial charge in [0.15, 0.2) is 0 Å². The molecule has 0 bridgehead atoms. The summed E-state index contributed by atoms with van der Waals surface area (Å²) in [5.74, 6) is -0.592. The lowest BCUT2D eigenvalue weighted by molar-refractivity contribution is -0.119. The second-order valence-electron chi connectivity index (χ2n) is 6.62. The van der Waals surface area contributed by atoms with Crippen LogP contribution >= 0.6 is 11.6 Å². The molecule has 0 unspecified atom stereocenters. The van der Waals surface area contributed by atoms with E-state index < -0.39 is 29.5 Å². The highest BCUT2D eigenvalue weighted by Gasteiger charge is 2.21. The highest BCUT2D eigenvalue weighted by atomic mass is 35.5. The Kier molecular flexibility index (Phi) is 7.94. The molecule has 162 valence electrons. The Labute approximate surface area is 183 Å². The molecule has 0 spiro atoms. The Morgan fingerprint density at radius 1 is 1.10 bits per heavy atom. The van der Waals surface area contributed by atoms with E-state index in [2.05, 4.69) is 13.2 Å². The van der Waals surface area contributed by atoms with E-state index in [1.165, 1.54) is 17.1 Å². The van der Waals surface area contributed by atoms with Crippen molar-refractivity contribution in [3.8, 4) is 6.07 Å². The van der Waals surface area contributed by atoms with Crippen LogP contribution in [0.2, 0.25) is 5.02 Å². The van der Waals surface area contributed by atoms with Crippen LogP contribution in [0.4, 0.5) is 5.69 Å². The first kappa shape index (κ1) is 23.6. The number of hydrogen-bond donors (Lipinski definition) is 0. The van der Waals surface area contributed by atoms with E-state index in [9.17, 15) is 19.2 Å². The second kappa shape index (κ2) is 10.4. The minimum absolute atomic E-state index is 0.0406. The molecule has 1 aromatic heterocycles. The molecule has 0 aliphatic rings. The van der Waals surface area contributed by atoms with Crippen LogP contribution in [0.5, 0.6) is 0 Å². The first-order valence-corrected chi connectivity index (χ1v) is 9.74. The van der Waals surface area contributed by atoms with Gasteiger partial charge in [0.05, 0.1) is 25.6 Å². The van der Waals surface area contributed by atoms with Crippen molar-refractivity contribution in [3.05, 3.63) is 85.5 Å². The van der Waals surface area contributed by atoms with E-state index in [1.807, 2.05) is 6.07 Å². The van der Waals surface area contributed by atoms with Gasteiger partial charge in [-0.25, -0.2) is 28.1 Å². The summed E-state index contributed by atoms with van der Waals surface area (Å²) in [7, 11) is 0. The highest BCUT2D eigenvalue weighted by molar-refractivity contribution is 6.31. The predicted octanol–water partition coefficient (Wildman–Crippen LogP) is 1.45. The Bertz CT molecular complexity index is 1180. The van der Waals surface area contributed by atoms with Gasteiger partial charge in [-0.15, -0.1) is 13.2 Å². The average molecular weight is 444 g/mol. The maximum absolute atomic E-state index is 13.1. The smallest absolute Gasteiger partial charge is 0.310 e. The van der Waals surface area contributed by atoms with Crippen LogP contribution in [0.3, 0.4) is 0 Å². The van der Waals surface area contributed by atoms with Crippen molar-refractivity contribution in [1.82, 2.24) is 13.7 Å². The lowest BCUT2D eigenvalue weighted by Crippen LogP contribution is -2.55. The van der Waals surface area contributed by atoms with Gasteiger partial charge in [-0.3, -0.25) is 4.79 Å². The fourth-order valence-corrected chi connectivity index (χ4v) is 3.08. The molecule has 0 saturated carbocycles. The molecule has 9 nitrogen and oxygen atoms in total. The first-order valence-electron chi connectivity index (χ1n) is 9.36. The van der Waals surface area contributed by atoms with Gasteiger partial charge in [0.2, 0.25) is 5.91 Å². The summed E-state index contributed by atoms with van der Waals surface area (Å²) < 4.78 is 2.33. The van der Waals surface area contributed by atoms with Crippen LogP contribution in [0.1, 0.15) is 12.0 Å². The molecule has 0 N–H and O–H groups in total. The van der Waals surface area contributed by atoms with Gasteiger partial charge in [-0.1, -0.05) is 23.8 Å². The molecule has 1 amide bonds. The zero-order valence-corrected chi connectivity index (χ0v) is 17.8. The third kappa shape index (κ3) is 5.10. The minimum atomic E-state index is -0.920. The van der Waals surface area contributed by atoms with Crippen molar-refractivity contribution in [2.45, 2.75) is 33.0 Å². The van der Waals surface area contributed by atoms with Crippen molar-refractivity contribution >= 4 is 23.2 Å². The number of aromatic nitrogens is 3. The number of rotatable bonds is 9. The zero-order chi connectivity index (χ0) is 23.1. The number of hydrogen-bond acceptors (Lipinski definition) is 5. The number of amides is 1. The fourth-order valence-electron chi connectivity index (χ4n) is 2.97. The van der Waals surface area contributed by atoms with Gasteiger partial charge >= 0.3 is 17.1 Å². The lowest BCUT2D eigenvalue weighted by atomic mass is 10.2. The van der Waals surface area contributed by atoms with E-state index in [-0.39, 0.29) is 26.1 Å². The molecule has 2 aromatic rings. The Morgan fingerprint density at radius 2 is 1.65 bits per heavy atom. The predicted molar refractivity (Wildman–Crippen MR) is 118 cm³/mol. The molecule has 0 radical (unpaired) electrons. The van der Waals surface area contributed by atoms with Crippen molar-refractivity contribution in [2.24, 2.45) is 0 Å². The first-order chi connectivity index (χ1) is 14.8. The Morgan fingerprint density at radius 3 is 2.13 bits per heavy atom. The van der Waals surface area contributed by atoms with Gasteiger partial charge < -0.3 is 4.90 Å². The standard InChI is InChI=1S/C21H22ClN5O4/c1-4-10-25-19(29)26(11-5-2)21(31)27(20(25)30)14-18(28)24(12-6-9-23)16-7-8-17(22)15(3)13-16/h4-5,7-8,13H,1-2,6,10-12,14H2,3H3. The summed E-state index contributed by atoms with van der Waals surface area (Å²) in [5.41, 5.74) is -1.46. The molecule has 2 rings (SSSR count).